The van der Waals surface area contributed by atoms with E-state index in [9.17, 15) is 4.79 Å². The molecule has 20 heavy (non-hydrogen) atoms. The lowest BCUT2D eigenvalue weighted by atomic mass is 10.1. The molecule has 2 amide bonds. The number of hydrogen-bond acceptors (Lipinski definition) is 1. The lowest BCUT2D eigenvalue weighted by Gasteiger charge is -2.07. The molecule has 0 fully saturated rings. The first-order valence-electron chi connectivity index (χ1n) is 6.52. The summed E-state index contributed by atoms with van der Waals surface area (Å²) < 4.78 is 0. The summed E-state index contributed by atoms with van der Waals surface area (Å²) in [5, 5.41) is 5.51. The summed E-state index contributed by atoms with van der Waals surface area (Å²) in [5.41, 5.74) is 4.10. The summed E-state index contributed by atoms with van der Waals surface area (Å²) in [6.07, 6.45) is 3.53. The average Bonchev–Trinajstić information content (AvgIpc) is 2.43. The Morgan fingerprint density at radius 2 is 1.60 bits per heavy atom. The first-order chi connectivity index (χ1) is 9.66. The Balaban J connectivity index is 1.93. The molecule has 2 N–H and O–H groups in total. The zero-order valence-corrected chi connectivity index (χ0v) is 11.7. The van der Waals surface area contributed by atoms with E-state index in [0.717, 1.165) is 16.8 Å². The van der Waals surface area contributed by atoms with E-state index < -0.39 is 0 Å². The summed E-state index contributed by atoms with van der Waals surface area (Å²) in [6.45, 7) is 3.99. The predicted molar refractivity (Wildman–Crippen MR) is 83.5 cm³/mol. The van der Waals surface area contributed by atoms with Crippen LogP contribution in [0.15, 0.2) is 54.7 Å². The van der Waals surface area contributed by atoms with Crippen LogP contribution in [-0.2, 0) is 0 Å². The molecule has 0 heterocycles. The second-order valence-corrected chi connectivity index (χ2v) is 4.60. The average molecular weight is 266 g/mol. The SMILES string of the molecule is Cc1ccccc1/C=C/NC(=O)Nc1ccccc1C. The van der Waals surface area contributed by atoms with Crippen molar-refractivity contribution in [1.82, 2.24) is 5.32 Å². The largest absolute Gasteiger partial charge is 0.323 e. The number of urea groups is 1. The van der Waals surface area contributed by atoms with Crippen molar-refractivity contribution >= 4 is 17.8 Å². The molecule has 0 aliphatic rings. The molecular formula is C17H18N2O. The zero-order chi connectivity index (χ0) is 14.4. The van der Waals surface area contributed by atoms with Crippen LogP contribution in [0.1, 0.15) is 16.7 Å². The van der Waals surface area contributed by atoms with Gasteiger partial charge in [0.25, 0.3) is 0 Å². The molecule has 0 aliphatic carbocycles. The molecule has 2 rings (SSSR count). The van der Waals surface area contributed by atoms with Crippen LogP contribution in [-0.4, -0.2) is 6.03 Å². The van der Waals surface area contributed by atoms with Crippen molar-refractivity contribution in [2.24, 2.45) is 0 Å². The molecule has 0 atom stereocenters. The van der Waals surface area contributed by atoms with Crippen molar-refractivity contribution in [2.75, 3.05) is 5.32 Å². The van der Waals surface area contributed by atoms with Crippen molar-refractivity contribution in [3.63, 3.8) is 0 Å². The maximum atomic E-state index is 11.8. The fourth-order valence-electron chi connectivity index (χ4n) is 1.85. The lowest BCUT2D eigenvalue weighted by Crippen LogP contribution is -2.24. The Morgan fingerprint density at radius 3 is 2.30 bits per heavy atom. The monoisotopic (exact) mass is 266 g/mol. The number of benzene rings is 2. The number of para-hydroxylation sites is 1. The van der Waals surface area contributed by atoms with Crippen LogP contribution in [0.25, 0.3) is 6.08 Å². The van der Waals surface area contributed by atoms with E-state index in [4.69, 9.17) is 0 Å². The van der Waals surface area contributed by atoms with Gasteiger partial charge in [-0.3, -0.25) is 0 Å². The number of anilines is 1. The van der Waals surface area contributed by atoms with E-state index in [-0.39, 0.29) is 6.03 Å². The lowest BCUT2D eigenvalue weighted by molar-refractivity contribution is 0.255. The highest BCUT2D eigenvalue weighted by atomic mass is 16.2. The van der Waals surface area contributed by atoms with Gasteiger partial charge in [-0.1, -0.05) is 42.5 Å². The van der Waals surface area contributed by atoms with Crippen LogP contribution in [0.2, 0.25) is 0 Å². The molecule has 2 aromatic carbocycles. The molecule has 102 valence electrons. The number of rotatable bonds is 3. The quantitative estimate of drug-likeness (QED) is 0.863. The number of carbonyl (C=O) groups is 1. The van der Waals surface area contributed by atoms with Gasteiger partial charge in [0.05, 0.1) is 0 Å². The van der Waals surface area contributed by atoms with Crippen molar-refractivity contribution in [3.8, 4) is 0 Å². The van der Waals surface area contributed by atoms with Crippen molar-refractivity contribution in [3.05, 3.63) is 71.4 Å². The minimum Gasteiger partial charge on any atom is -0.314 e. The first kappa shape index (κ1) is 13.9. The van der Waals surface area contributed by atoms with Gasteiger partial charge in [-0.25, -0.2) is 4.79 Å². The molecule has 0 saturated heterocycles. The Kier molecular flexibility index (Phi) is 4.56. The number of aryl methyl sites for hydroxylation is 2. The highest BCUT2D eigenvalue weighted by Crippen LogP contribution is 2.12. The summed E-state index contributed by atoms with van der Waals surface area (Å²) in [6, 6.07) is 15.4. The van der Waals surface area contributed by atoms with Gasteiger partial charge in [-0.15, -0.1) is 0 Å². The van der Waals surface area contributed by atoms with Gasteiger partial charge < -0.3 is 10.6 Å². The van der Waals surface area contributed by atoms with Gasteiger partial charge >= 0.3 is 6.03 Å². The van der Waals surface area contributed by atoms with E-state index in [1.807, 2.05) is 68.5 Å². The topological polar surface area (TPSA) is 41.1 Å². The smallest absolute Gasteiger partial charge is 0.314 e. The normalized spacial score (nSPS) is 10.5. The van der Waals surface area contributed by atoms with Gasteiger partial charge in [0.2, 0.25) is 0 Å². The molecular weight excluding hydrogens is 248 g/mol. The molecule has 0 spiro atoms. The van der Waals surface area contributed by atoms with Crippen molar-refractivity contribution < 1.29 is 4.79 Å². The van der Waals surface area contributed by atoms with Crippen molar-refractivity contribution in [1.29, 1.82) is 0 Å². The van der Waals surface area contributed by atoms with Gasteiger partial charge in [0.15, 0.2) is 0 Å². The molecule has 3 heteroatoms. The van der Waals surface area contributed by atoms with Gasteiger partial charge in [-0.2, -0.15) is 0 Å². The molecule has 0 aromatic heterocycles. The summed E-state index contributed by atoms with van der Waals surface area (Å²) in [7, 11) is 0. The maximum absolute atomic E-state index is 11.8. The number of nitrogens with one attached hydrogen (secondary N) is 2. The second-order valence-electron chi connectivity index (χ2n) is 4.60. The highest BCUT2D eigenvalue weighted by Gasteiger charge is 2.01. The van der Waals surface area contributed by atoms with E-state index >= 15 is 0 Å². The zero-order valence-electron chi connectivity index (χ0n) is 11.7. The van der Waals surface area contributed by atoms with Gasteiger partial charge in [0, 0.05) is 11.9 Å². The number of carbonyl (C=O) groups excluding carboxylic acids is 1. The third-order valence-electron chi connectivity index (χ3n) is 3.06. The van der Waals surface area contributed by atoms with Gasteiger partial charge in [0.1, 0.15) is 0 Å². The minimum absolute atomic E-state index is 0.246. The first-order valence-corrected chi connectivity index (χ1v) is 6.52. The van der Waals surface area contributed by atoms with Crippen LogP contribution in [0, 0.1) is 13.8 Å². The molecule has 0 saturated carbocycles. The Morgan fingerprint density at radius 1 is 0.950 bits per heavy atom. The Labute approximate surface area is 119 Å². The summed E-state index contributed by atoms with van der Waals surface area (Å²) in [4.78, 5) is 11.8. The molecule has 2 aromatic rings. The van der Waals surface area contributed by atoms with Crippen LogP contribution in [0.4, 0.5) is 10.5 Å². The van der Waals surface area contributed by atoms with Gasteiger partial charge in [-0.05, 0) is 42.7 Å². The molecule has 0 radical (unpaired) electrons. The van der Waals surface area contributed by atoms with Crippen LogP contribution < -0.4 is 10.6 Å². The second kappa shape index (κ2) is 6.57. The summed E-state index contributed by atoms with van der Waals surface area (Å²) >= 11 is 0. The molecule has 0 aliphatic heterocycles. The van der Waals surface area contributed by atoms with E-state index in [0.29, 0.717) is 0 Å². The fraction of sp³-hybridized carbons (Fsp3) is 0.118. The molecule has 0 unspecified atom stereocenters. The minimum atomic E-state index is -0.246. The third-order valence-corrected chi connectivity index (χ3v) is 3.06. The Hall–Kier alpha value is -2.55. The molecule has 3 nitrogen and oxygen atoms in total. The van der Waals surface area contributed by atoms with Crippen molar-refractivity contribution in [2.45, 2.75) is 13.8 Å². The number of hydrogen-bond donors (Lipinski definition) is 2. The maximum Gasteiger partial charge on any atom is 0.323 e. The summed E-state index contributed by atoms with van der Waals surface area (Å²) in [5.74, 6) is 0. The highest BCUT2D eigenvalue weighted by molar-refractivity contribution is 5.91. The van der Waals surface area contributed by atoms with Crippen LogP contribution in [0.5, 0.6) is 0 Å². The van der Waals surface area contributed by atoms with Crippen LogP contribution >= 0.6 is 0 Å². The third kappa shape index (κ3) is 3.72. The number of amides is 2. The van der Waals surface area contributed by atoms with E-state index in [1.54, 1.807) is 6.20 Å². The Bertz CT molecular complexity index is 632. The van der Waals surface area contributed by atoms with Crippen LogP contribution in [0.3, 0.4) is 0 Å². The standard InChI is InChI=1S/C17H18N2O/c1-13-7-3-5-9-15(13)11-12-18-17(20)19-16-10-6-4-8-14(16)2/h3-12H,1-2H3,(H2,18,19,20)/b12-11+. The molecule has 0 bridgehead atoms. The fourth-order valence-corrected chi connectivity index (χ4v) is 1.85. The van der Waals surface area contributed by atoms with E-state index in [2.05, 4.69) is 10.6 Å². The predicted octanol–water partition coefficient (Wildman–Crippen LogP) is 4.10. The van der Waals surface area contributed by atoms with E-state index in [1.165, 1.54) is 5.56 Å².